The molecule has 3 heteroatoms. The van der Waals surface area contributed by atoms with Crippen LogP contribution in [-0.2, 0) is 9.47 Å². The van der Waals surface area contributed by atoms with Gasteiger partial charge in [0.25, 0.3) is 0 Å². The Kier molecular flexibility index (Phi) is 2.43. The second-order valence-corrected chi connectivity index (χ2v) is 4.99. The minimum atomic E-state index is -0.225. The zero-order valence-electron chi connectivity index (χ0n) is 10.3. The molecule has 2 aromatic carbocycles. The average molecular weight is 256 g/mol. The molecule has 2 heterocycles. The van der Waals surface area contributed by atoms with Crippen LogP contribution in [0.5, 0.6) is 0 Å². The molecule has 0 amide bonds. The normalized spacial score (nSPS) is 28.2. The van der Waals surface area contributed by atoms with Gasteiger partial charge in [-0.25, -0.2) is 4.39 Å². The molecule has 96 valence electrons. The highest BCUT2D eigenvalue weighted by molar-refractivity contribution is 5.41. The van der Waals surface area contributed by atoms with Gasteiger partial charge in [0.05, 0.1) is 6.61 Å². The molecule has 0 aliphatic carbocycles. The predicted molar refractivity (Wildman–Crippen MR) is 68.3 cm³/mol. The van der Waals surface area contributed by atoms with E-state index in [4.69, 9.17) is 9.47 Å². The van der Waals surface area contributed by atoms with E-state index in [0.29, 0.717) is 0 Å². The zero-order chi connectivity index (χ0) is 12.8. The highest BCUT2D eigenvalue weighted by atomic mass is 19.1. The van der Waals surface area contributed by atoms with Crippen molar-refractivity contribution in [3.8, 4) is 0 Å². The highest BCUT2D eigenvalue weighted by Gasteiger charge is 2.43. The van der Waals surface area contributed by atoms with Crippen LogP contribution in [0.4, 0.5) is 4.39 Å². The minimum absolute atomic E-state index is 0.00579. The Morgan fingerprint density at radius 3 is 2.32 bits per heavy atom. The third kappa shape index (κ3) is 1.86. The molecule has 2 aliphatic heterocycles. The standard InChI is InChI=1S/C16H13FO2/c17-11-7-5-10(6-8-11)15-12-3-1-2-4-13(12)16(19-15)14-9-18-14/h1-8,14-16H,9H2/t14-,15?,16?/m1/s1. The molecule has 0 N–H and O–H groups in total. The van der Waals surface area contributed by atoms with Crippen molar-refractivity contribution in [3.05, 3.63) is 71.0 Å². The lowest BCUT2D eigenvalue weighted by Crippen LogP contribution is -2.06. The summed E-state index contributed by atoms with van der Waals surface area (Å²) in [5, 5.41) is 0. The van der Waals surface area contributed by atoms with Gasteiger partial charge in [-0.05, 0) is 28.8 Å². The zero-order valence-corrected chi connectivity index (χ0v) is 10.3. The molecule has 19 heavy (non-hydrogen) atoms. The second-order valence-electron chi connectivity index (χ2n) is 4.99. The Hall–Kier alpha value is -1.71. The van der Waals surface area contributed by atoms with Crippen LogP contribution < -0.4 is 0 Å². The molecule has 2 nitrogen and oxygen atoms in total. The summed E-state index contributed by atoms with van der Waals surface area (Å²) in [4.78, 5) is 0. The van der Waals surface area contributed by atoms with Crippen molar-refractivity contribution in [1.82, 2.24) is 0 Å². The Balaban J connectivity index is 1.76. The Bertz CT molecular complexity index is 604. The first-order valence-electron chi connectivity index (χ1n) is 6.44. The number of halogens is 1. The topological polar surface area (TPSA) is 21.8 Å². The molecule has 0 spiro atoms. The number of ether oxygens (including phenoxy) is 2. The average Bonchev–Trinajstić information content (AvgIpc) is 3.21. The molecule has 0 radical (unpaired) electrons. The van der Waals surface area contributed by atoms with Crippen LogP contribution >= 0.6 is 0 Å². The molecule has 2 aromatic rings. The van der Waals surface area contributed by atoms with Gasteiger partial charge >= 0.3 is 0 Å². The van der Waals surface area contributed by atoms with Gasteiger partial charge in [-0.15, -0.1) is 0 Å². The monoisotopic (exact) mass is 256 g/mol. The molecule has 2 unspecified atom stereocenters. The number of hydrogen-bond donors (Lipinski definition) is 0. The van der Waals surface area contributed by atoms with Gasteiger partial charge < -0.3 is 9.47 Å². The fourth-order valence-electron chi connectivity index (χ4n) is 2.72. The van der Waals surface area contributed by atoms with E-state index in [9.17, 15) is 4.39 Å². The van der Waals surface area contributed by atoms with E-state index in [1.165, 1.54) is 17.7 Å². The summed E-state index contributed by atoms with van der Waals surface area (Å²) in [7, 11) is 0. The summed E-state index contributed by atoms with van der Waals surface area (Å²) < 4.78 is 24.5. The summed E-state index contributed by atoms with van der Waals surface area (Å²) in [6, 6.07) is 14.7. The van der Waals surface area contributed by atoms with E-state index in [1.54, 1.807) is 12.1 Å². The minimum Gasteiger partial charge on any atom is -0.370 e. The smallest absolute Gasteiger partial charge is 0.123 e. The maximum absolute atomic E-state index is 13.0. The van der Waals surface area contributed by atoms with Crippen LogP contribution in [0, 0.1) is 5.82 Å². The largest absolute Gasteiger partial charge is 0.370 e. The van der Waals surface area contributed by atoms with Crippen molar-refractivity contribution in [2.24, 2.45) is 0 Å². The number of fused-ring (bicyclic) bond motifs is 1. The Morgan fingerprint density at radius 1 is 0.947 bits per heavy atom. The van der Waals surface area contributed by atoms with Crippen LogP contribution in [-0.4, -0.2) is 12.7 Å². The molecule has 1 fully saturated rings. The molecule has 1 saturated heterocycles. The van der Waals surface area contributed by atoms with Crippen LogP contribution in [0.25, 0.3) is 0 Å². The van der Waals surface area contributed by atoms with E-state index in [-0.39, 0.29) is 24.1 Å². The van der Waals surface area contributed by atoms with Crippen molar-refractivity contribution < 1.29 is 13.9 Å². The third-order valence-electron chi connectivity index (χ3n) is 3.74. The lowest BCUT2D eigenvalue weighted by atomic mass is 9.97. The van der Waals surface area contributed by atoms with Gasteiger partial charge in [0.2, 0.25) is 0 Å². The van der Waals surface area contributed by atoms with Gasteiger partial charge in [0, 0.05) is 0 Å². The van der Waals surface area contributed by atoms with Crippen LogP contribution in [0.3, 0.4) is 0 Å². The summed E-state index contributed by atoms with van der Waals surface area (Å²) in [6.45, 7) is 0.759. The van der Waals surface area contributed by atoms with Gasteiger partial charge in [-0.1, -0.05) is 36.4 Å². The molecular formula is C16H13FO2. The van der Waals surface area contributed by atoms with Crippen LogP contribution in [0.1, 0.15) is 28.9 Å². The fraction of sp³-hybridized carbons (Fsp3) is 0.250. The first-order chi connectivity index (χ1) is 9.33. The van der Waals surface area contributed by atoms with Crippen LogP contribution in [0.15, 0.2) is 48.5 Å². The lowest BCUT2D eigenvalue weighted by molar-refractivity contribution is 0.0163. The molecule has 0 bridgehead atoms. The second kappa shape index (κ2) is 4.15. The van der Waals surface area contributed by atoms with Crippen molar-refractivity contribution in [2.45, 2.75) is 18.3 Å². The third-order valence-corrected chi connectivity index (χ3v) is 3.74. The van der Waals surface area contributed by atoms with Gasteiger partial charge in [-0.2, -0.15) is 0 Å². The summed E-state index contributed by atoms with van der Waals surface area (Å²) >= 11 is 0. The number of hydrogen-bond acceptors (Lipinski definition) is 2. The first-order valence-corrected chi connectivity index (χ1v) is 6.44. The SMILES string of the molecule is Fc1ccc(C2OC([C@H]3CO3)c3ccccc32)cc1. The molecule has 4 rings (SSSR count). The van der Waals surface area contributed by atoms with E-state index in [2.05, 4.69) is 12.1 Å². The Morgan fingerprint density at radius 2 is 1.63 bits per heavy atom. The van der Waals surface area contributed by atoms with Gasteiger partial charge in [0.15, 0.2) is 0 Å². The molecule has 0 saturated carbocycles. The maximum atomic E-state index is 13.0. The molecular weight excluding hydrogens is 243 g/mol. The van der Waals surface area contributed by atoms with Gasteiger partial charge in [-0.3, -0.25) is 0 Å². The lowest BCUT2D eigenvalue weighted by Gasteiger charge is -2.13. The number of rotatable bonds is 2. The van der Waals surface area contributed by atoms with E-state index in [0.717, 1.165) is 17.7 Å². The van der Waals surface area contributed by atoms with E-state index < -0.39 is 0 Å². The number of benzene rings is 2. The summed E-state index contributed by atoms with van der Waals surface area (Å²) in [5.74, 6) is -0.225. The van der Waals surface area contributed by atoms with E-state index >= 15 is 0 Å². The van der Waals surface area contributed by atoms with Crippen LogP contribution in [0.2, 0.25) is 0 Å². The molecule has 3 atom stereocenters. The first kappa shape index (κ1) is 11.1. The molecule has 0 aromatic heterocycles. The summed E-state index contributed by atoms with van der Waals surface area (Å²) in [5.41, 5.74) is 3.34. The molecule has 2 aliphatic rings. The van der Waals surface area contributed by atoms with Crippen molar-refractivity contribution in [1.29, 1.82) is 0 Å². The number of epoxide rings is 1. The van der Waals surface area contributed by atoms with Crippen molar-refractivity contribution in [2.75, 3.05) is 6.61 Å². The predicted octanol–water partition coefficient (Wildman–Crippen LogP) is 3.39. The highest BCUT2D eigenvalue weighted by Crippen LogP contribution is 2.47. The Labute approximate surface area is 110 Å². The van der Waals surface area contributed by atoms with Gasteiger partial charge in [0.1, 0.15) is 24.1 Å². The fourth-order valence-corrected chi connectivity index (χ4v) is 2.72. The van der Waals surface area contributed by atoms with E-state index in [1.807, 2.05) is 12.1 Å². The van der Waals surface area contributed by atoms with Crippen molar-refractivity contribution >= 4 is 0 Å². The maximum Gasteiger partial charge on any atom is 0.123 e. The van der Waals surface area contributed by atoms with Crippen molar-refractivity contribution in [3.63, 3.8) is 0 Å². The quantitative estimate of drug-likeness (QED) is 0.768. The summed E-state index contributed by atoms with van der Waals surface area (Å²) in [6.07, 6.45) is 0.0591.